The number of rotatable bonds is 4. The summed E-state index contributed by atoms with van der Waals surface area (Å²) < 4.78 is 6.79. The van der Waals surface area contributed by atoms with Crippen molar-refractivity contribution >= 4 is 17.5 Å². The van der Waals surface area contributed by atoms with Crippen molar-refractivity contribution in [2.45, 2.75) is 12.6 Å². The fourth-order valence-electron chi connectivity index (χ4n) is 1.70. The number of hydrogen-bond donors (Lipinski definition) is 3. The van der Waals surface area contributed by atoms with Crippen molar-refractivity contribution in [1.29, 1.82) is 0 Å². The number of anilines is 1. The van der Waals surface area contributed by atoms with Gasteiger partial charge in [-0.1, -0.05) is 0 Å². The number of morpholine rings is 1. The van der Waals surface area contributed by atoms with E-state index in [9.17, 15) is 9.59 Å². The van der Waals surface area contributed by atoms with E-state index in [2.05, 4.69) is 21.0 Å². The third-order valence-corrected chi connectivity index (χ3v) is 2.71. The Balaban J connectivity index is 1.88. The van der Waals surface area contributed by atoms with Crippen molar-refractivity contribution in [2.24, 2.45) is 0 Å². The molecular weight excluding hydrogens is 250 g/mol. The summed E-state index contributed by atoms with van der Waals surface area (Å²) in [7, 11) is 1.56. The molecule has 0 bridgehead atoms. The summed E-state index contributed by atoms with van der Waals surface area (Å²) in [5, 5.41) is 12.3. The second kappa shape index (κ2) is 6.30. The fraction of sp³-hybridized carbons (Fsp3) is 0.545. The average Bonchev–Trinajstić information content (AvgIpc) is 2.86. The van der Waals surface area contributed by atoms with Crippen LogP contribution in [-0.4, -0.2) is 54.4 Å². The maximum atomic E-state index is 11.9. The van der Waals surface area contributed by atoms with Crippen molar-refractivity contribution < 1.29 is 14.3 Å². The van der Waals surface area contributed by atoms with E-state index in [0.717, 1.165) is 6.54 Å². The van der Waals surface area contributed by atoms with E-state index in [1.165, 1.54) is 10.9 Å². The molecule has 0 saturated carbocycles. The van der Waals surface area contributed by atoms with Crippen LogP contribution in [-0.2, 0) is 20.9 Å². The first kappa shape index (κ1) is 13.5. The van der Waals surface area contributed by atoms with Crippen LogP contribution < -0.4 is 16.0 Å². The number of likely N-dealkylation sites (N-methyl/N-ethyl adjacent to an activating group) is 1. The average molecular weight is 267 g/mol. The highest BCUT2D eigenvalue weighted by Crippen LogP contribution is 2.07. The molecule has 1 aromatic rings. The zero-order valence-corrected chi connectivity index (χ0v) is 10.7. The van der Waals surface area contributed by atoms with Crippen molar-refractivity contribution in [3.63, 3.8) is 0 Å². The molecule has 8 heteroatoms. The van der Waals surface area contributed by atoms with Gasteiger partial charge in [-0.2, -0.15) is 5.10 Å². The number of ether oxygens (including phenoxy) is 1. The van der Waals surface area contributed by atoms with Crippen molar-refractivity contribution in [2.75, 3.05) is 32.1 Å². The summed E-state index contributed by atoms with van der Waals surface area (Å²) in [6.45, 7) is 1.90. The molecule has 1 aliphatic rings. The molecule has 1 aliphatic heterocycles. The molecule has 0 aliphatic carbocycles. The molecule has 104 valence electrons. The molecule has 0 aromatic carbocycles. The van der Waals surface area contributed by atoms with Gasteiger partial charge in [0.05, 0.1) is 18.5 Å². The first-order chi connectivity index (χ1) is 9.19. The molecule has 2 heterocycles. The summed E-state index contributed by atoms with van der Waals surface area (Å²) >= 11 is 0. The molecule has 1 saturated heterocycles. The van der Waals surface area contributed by atoms with Gasteiger partial charge < -0.3 is 20.7 Å². The number of hydrogen-bond acceptors (Lipinski definition) is 5. The standard InChI is InChI=1S/C11H17N5O3/c1-12-10(17)7-16-6-8(4-14-16)15-11(18)9-5-13-2-3-19-9/h4,6,9,13H,2-3,5,7H2,1H3,(H,12,17)(H,15,18). The Morgan fingerprint density at radius 3 is 3.16 bits per heavy atom. The highest BCUT2D eigenvalue weighted by atomic mass is 16.5. The topological polar surface area (TPSA) is 97.3 Å². The molecule has 2 rings (SSSR count). The first-order valence-electron chi connectivity index (χ1n) is 6.05. The Labute approximate surface area is 110 Å². The third-order valence-electron chi connectivity index (χ3n) is 2.71. The Morgan fingerprint density at radius 2 is 2.47 bits per heavy atom. The van der Waals surface area contributed by atoms with Crippen LogP contribution in [0.25, 0.3) is 0 Å². The van der Waals surface area contributed by atoms with E-state index in [-0.39, 0.29) is 18.4 Å². The van der Waals surface area contributed by atoms with Crippen LogP contribution in [0.5, 0.6) is 0 Å². The normalized spacial score (nSPS) is 18.9. The Hall–Kier alpha value is -1.93. The lowest BCUT2D eigenvalue weighted by Crippen LogP contribution is -2.45. The van der Waals surface area contributed by atoms with Crippen molar-refractivity contribution in [3.8, 4) is 0 Å². The zero-order valence-electron chi connectivity index (χ0n) is 10.7. The summed E-state index contributed by atoms with van der Waals surface area (Å²) in [6, 6.07) is 0. The van der Waals surface area contributed by atoms with E-state index >= 15 is 0 Å². The maximum absolute atomic E-state index is 11.9. The second-order valence-corrected chi connectivity index (χ2v) is 4.15. The number of amides is 2. The van der Waals surface area contributed by atoms with Gasteiger partial charge in [-0.15, -0.1) is 0 Å². The van der Waals surface area contributed by atoms with Gasteiger partial charge in [-0.05, 0) is 0 Å². The molecule has 0 spiro atoms. The predicted octanol–water partition coefficient (Wildman–Crippen LogP) is -1.44. The fourth-order valence-corrected chi connectivity index (χ4v) is 1.70. The minimum atomic E-state index is -0.490. The second-order valence-electron chi connectivity index (χ2n) is 4.15. The number of carbonyl (C=O) groups excluding carboxylic acids is 2. The summed E-state index contributed by atoms with van der Waals surface area (Å²) in [6.07, 6.45) is 2.61. The first-order valence-corrected chi connectivity index (χ1v) is 6.05. The van der Waals surface area contributed by atoms with E-state index in [1.54, 1.807) is 13.2 Å². The Morgan fingerprint density at radius 1 is 1.63 bits per heavy atom. The number of nitrogens with one attached hydrogen (secondary N) is 3. The molecular formula is C11H17N5O3. The molecule has 8 nitrogen and oxygen atoms in total. The monoisotopic (exact) mass is 267 g/mol. The van der Waals surface area contributed by atoms with Gasteiger partial charge in [0.15, 0.2) is 0 Å². The molecule has 0 radical (unpaired) electrons. The highest BCUT2D eigenvalue weighted by molar-refractivity contribution is 5.94. The molecule has 2 amide bonds. The van der Waals surface area contributed by atoms with Gasteiger partial charge >= 0.3 is 0 Å². The van der Waals surface area contributed by atoms with E-state index in [1.807, 2.05) is 0 Å². The van der Waals surface area contributed by atoms with Crippen LogP contribution in [0, 0.1) is 0 Å². The summed E-state index contributed by atoms with van der Waals surface area (Å²) in [4.78, 5) is 23.0. The van der Waals surface area contributed by atoms with E-state index < -0.39 is 6.10 Å². The van der Waals surface area contributed by atoms with E-state index in [0.29, 0.717) is 18.8 Å². The molecule has 3 N–H and O–H groups in total. The van der Waals surface area contributed by atoms with Crippen molar-refractivity contribution in [1.82, 2.24) is 20.4 Å². The number of aromatic nitrogens is 2. The lowest BCUT2D eigenvalue weighted by molar-refractivity contribution is -0.128. The largest absolute Gasteiger partial charge is 0.366 e. The van der Waals surface area contributed by atoms with Crippen LogP contribution in [0.15, 0.2) is 12.4 Å². The summed E-state index contributed by atoms with van der Waals surface area (Å²) in [5.41, 5.74) is 0.545. The summed E-state index contributed by atoms with van der Waals surface area (Å²) in [5.74, 6) is -0.368. The quantitative estimate of drug-likeness (QED) is 0.620. The lowest BCUT2D eigenvalue weighted by Gasteiger charge is -2.22. The Bertz CT molecular complexity index is 453. The molecule has 19 heavy (non-hydrogen) atoms. The molecule has 1 unspecified atom stereocenters. The smallest absolute Gasteiger partial charge is 0.254 e. The SMILES string of the molecule is CNC(=O)Cn1cc(NC(=O)C2CNCCO2)cn1. The minimum Gasteiger partial charge on any atom is -0.366 e. The van der Waals surface area contributed by atoms with Crippen LogP contribution in [0.1, 0.15) is 0 Å². The van der Waals surface area contributed by atoms with Gasteiger partial charge in [0.25, 0.3) is 5.91 Å². The minimum absolute atomic E-state index is 0.119. The number of nitrogens with zero attached hydrogens (tertiary/aromatic N) is 2. The molecule has 1 aromatic heterocycles. The van der Waals surface area contributed by atoms with Gasteiger partial charge in [0.2, 0.25) is 5.91 Å². The van der Waals surface area contributed by atoms with Crippen molar-refractivity contribution in [3.05, 3.63) is 12.4 Å². The maximum Gasteiger partial charge on any atom is 0.254 e. The van der Waals surface area contributed by atoms with Gasteiger partial charge in [0, 0.05) is 26.3 Å². The molecule has 1 atom stereocenters. The van der Waals surface area contributed by atoms with Crippen LogP contribution in [0.3, 0.4) is 0 Å². The van der Waals surface area contributed by atoms with Gasteiger partial charge in [-0.25, -0.2) is 0 Å². The van der Waals surface area contributed by atoms with Crippen LogP contribution in [0.4, 0.5) is 5.69 Å². The van der Waals surface area contributed by atoms with Crippen LogP contribution in [0.2, 0.25) is 0 Å². The third kappa shape index (κ3) is 3.76. The number of carbonyl (C=O) groups is 2. The van der Waals surface area contributed by atoms with Gasteiger partial charge in [-0.3, -0.25) is 14.3 Å². The lowest BCUT2D eigenvalue weighted by atomic mass is 10.3. The highest BCUT2D eigenvalue weighted by Gasteiger charge is 2.22. The Kier molecular flexibility index (Phi) is 4.48. The predicted molar refractivity (Wildman–Crippen MR) is 67.5 cm³/mol. The van der Waals surface area contributed by atoms with Gasteiger partial charge in [0.1, 0.15) is 12.6 Å². The van der Waals surface area contributed by atoms with E-state index in [4.69, 9.17) is 4.74 Å². The zero-order chi connectivity index (χ0) is 13.7. The van der Waals surface area contributed by atoms with Crippen LogP contribution >= 0.6 is 0 Å². The molecule has 1 fully saturated rings.